The fourth-order valence-corrected chi connectivity index (χ4v) is 3.12. The van der Waals surface area contributed by atoms with Crippen LogP contribution in [0.15, 0.2) is 0 Å². The van der Waals surface area contributed by atoms with Gasteiger partial charge in [-0.25, -0.2) is 0 Å². The molecule has 0 aliphatic carbocycles. The first-order valence-corrected chi connectivity index (χ1v) is 7.63. The lowest BCUT2D eigenvalue weighted by Gasteiger charge is -2.37. The molecule has 0 atom stereocenters. The fraction of sp³-hybridized carbons (Fsp3) is 0.923. The molecule has 0 rings (SSSR count). The van der Waals surface area contributed by atoms with Crippen LogP contribution in [0.1, 0.15) is 47.0 Å². The van der Waals surface area contributed by atoms with Crippen molar-refractivity contribution in [1.29, 1.82) is 0 Å². The van der Waals surface area contributed by atoms with Gasteiger partial charge >= 0.3 is 0 Å². The fourth-order valence-electron chi connectivity index (χ4n) is 2.21. The van der Waals surface area contributed by atoms with Crippen LogP contribution in [0.2, 0.25) is 0 Å². The van der Waals surface area contributed by atoms with Crippen LogP contribution in [0.25, 0.3) is 0 Å². The molecule has 0 aromatic heterocycles. The van der Waals surface area contributed by atoms with Gasteiger partial charge in [0.05, 0.1) is 31.9 Å². The lowest BCUT2D eigenvalue weighted by Crippen LogP contribution is -2.50. The summed E-state index contributed by atoms with van der Waals surface area (Å²) in [6.45, 7) is 13.6. The van der Waals surface area contributed by atoms with Gasteiger partial charge in [0.1, 0.15) is 0 Å². The zero-order valence-corrected chi connectivity index (χ0v) is 12.2. The van der Waals surface area contributed by atoms with E-state index in [9.17, 15) is 4.79 Å². The summed E-state index contributed by atoms with van der Waals surface area (Å²) in [6.07, 6.45) is 3.14. The van der Waals surface area contributed by atoms with Crippen LogP contribution < -0.4 is 0 Å². The second-order valence-electron chi connectivity index (χ2n) is 4.40. The van der Waals surface area contributed by atoms with Gasteiger partial charge in [-0.3, -0.25) is 4.79 Å². The smallest absolute Gasteiger partial charge is 0.188 e. The molecule has 2 nitrogen and oxygen atoms in total. The summed E-state index contributed by atoms with van der Waals surface area (Å²) in [6, 6.07) is 0. The zero-order chi connectivity index (χ0) is 12.4. The molecule has 0 saturated carbocycles. The molecule has 0 aromatic carbocycles. The van der Waals surface area contributed by atoms with E-state index in [1.165, 1.54) is 48.7 Å². The van der Waals surface area contributed by atoms with Crippen molar-refractivity contribution in [1.82, 2.24) is 0 Å². The molecule has 0 saturated heterocycles. The minimum atomic E-state index is 0.335. The first-order valence-electron chi connectivity index (χ1n) is 6.64. The Morgan fingerprint density at radius 3 is 1.94 bits per heavy atom. The average molecular weight is 246 g/mol. The molecule has 96 valence electrons. The minimum absolute atomic E-state index is 0.335. The number of thioether (sulfide) groups is 1. The van der Waals surface area contributed by atoms with Crippen molar-refractivity contribution >= 4 is 16.9 Å². The first kappa shape index (κ1) is 16.0. The highest BCUT2D eigenvalue weighted by atomic mass is 32.2. The monoisotopic (exact) mass is 246 g/mol. The van der Waals surface area contributed by atoms with Gasteiger partial charge in [0, 0.05) is 6.42 Å². The molecule has 0 unspecified atom stereocenters. The third-order valence-electron chi connectivity index (χ3n) is 3.18. The van der Waals surface area contributed by atoms with Crippen molar-refractivity contribution in [3.63, 3.8) is 0 Å². The number of hydrogen-bond donors (Lipinski definition) is 0. The van der Waals surface area contributed by atoms with Gasteiger partial charge < -0.3 is 4.48 Å². The van der Waals surface area contributed by atoms with E-state index < -0.39 is 0 Å². The van der Waals surface area contributed by atoms with Crippen LogP contribution in [-0.2, 0) is 4.79 Å². The number of nitrogens with zero attached hydrogens (tertiary/aromatic N) is 1. The maximum Gasteiger partial charge on any atom is 0.188 e. The first-order chi connectivity index (χ1) is 7.64. The highest BCUT2D eigenvalue weighted by molar-refractivity contribution is 8.13. The Bertz CT molecular complexity index is 188. The molecule has 0 amide bonds. The van der Waals surface area contributed by atoms with Crippen molar-refractivity contribution in [2.24, 2.45) is 0 Å². The van der Waals surface area contributed by atoms with Crippen LogP contribution in [0.5, 0.6) is 0 Å². The Morgan fingerprint density at radius 2 is 1.56 bits per heavy atom. The van der Waals surface area contributed by atoms with Gasteiger partial charge in [0.25, 0.3) is 0 Å². The van der Waals surface area contributed by atoms with E-state index >= 15 is 0 Å². The van der Waals surface area contributed by atoms with Crippen molar-refractivity contribution in [2.75, 3.05) is 31.9 Å². The van der Waals surface area contributed by atoms with Gasteiger partial charge in [0.2, 0.25) is 0 Å². The number of hydrogen-bond acceptors (Lipinski definition) is 2. The van der Waals surface area contributed by atoms with Crippen LogP contribution in [0.3, 0.4) is 0 Å². The summed E-state index contributed by atoms with van der Waals surface area (Å²) in [4.78, 5) is 11.3. The maximum atomic E-state index is 11.3. The third-order valence-corrected chi connectivity index (χ3v) is 4.18. The molecule has 0 aromatic rings. The van der Waals surface area contributed by atoms with E-state index in [1.807, 2.05) is 6.92 Å². The number of quaternary nitrogens is 1. The Kier molecular flexibility index (Phi) is 9.04. The van der Waals surface area contributed by atoms with E-state index in [-0.39, 0.29) is 0 Å². The van der Waals surface area contributed by atoms with Gasteiger partial charge in [-0.15, -0.1) is 0 Å². The van der Waals surface area contributed by atoms with Crippen LogP contribution in [0, 0.1) is 0 Å². The van der Waals surface area contributed by atoms with Crippen molar-refractivity contribution in [3.05, 3.63) is 0 Å². The number of carbonyl (C=O) groups is 1. The molecule has 0 aliphatic rings. The SMILES string of the molecule is CCC[N+](CC)(CCC)CCSC(=O)CC. The van der Waals surface area contributed by atoms with Crippen molar-refractivity contribution < 1.29 is 9.28 Å². The van der Waals surface area contributed by atoms with Crippen LogP contribution >= 0.6 is 11.8 Å². The second kappa shape index (κ2) is 9.06. The average Bonchev–Trinajstić information content (AvgIpc) is 2.29. The zero-order valence-electron chi connectivity index (χ0n) is 11.4. The number of rotatable bonds is 9. The summed E-state index contributed by atoms with van der Waals surface area (Å²) in [5, 5.41) is 0.335. The summed E-state index contributed by atoms with van der Waals surface area (Å²) >= 11 is 1.52. The summed E-state index contributed by atoms with van der Waals surface area (Å²) < 4.78 is 1.19. The standard InChI is InChI=1S/C13H28NOS/c1-5-9-14(8-4,10-6-2)11-12-16-13(15)7-3/h5-12H2,1-4H3/q+1. The molecule has 0 radical (unpaired) electrons. The van der Waals surface area contributed by atoms with E-state index in [1.54, 1.807) is 0 Å². The molecule has 3 heteroatoms. The Labute approximate surface area is 105 Å². The van der Waals surface area contributed by atoms with Gasteiger partial charge in [-0.05, 0) is 19.8 Å². The van der Waals surface area contributed by atoms with Gasteiger partial charge in [-0.2, -0.15) is 0 Å². The predicted molar refractivity (Wildman–Crippen MR) is 73.7 cm³/mol. The predicted octanol–water partition coefficient (Wildman–Crippen LogP) is 3.31. The minimum Gasteiger partial charge on any atom is -0.323 e. The van der Waals surface area contributed by atoms with E-state index in [0.717, 1.165) is 12.3 Å². The summed E-state index contributed by atoms with van der Waals surface area (Å²) in [7, 11) is 0. The molecule has 0 heterocycles. The van der Waals surface area contributed by atoms with Crippen molar-refractivity contribution in [3.8, 4) is 0 Å². The molecular formula is C13H28NOS+. The second-order valence-corrected chi connectivity index (χ2v) is 5.55. The summed E-state index contributed by atoms with van der Waals surface area (Å²) in [5.41, 5.74) is 0. The Balaban J connectivity index is 4.13. The van der Waals surface area contributed by atoms with E-state index in [2.05, 4.69) is 20.8 Å². The molecule has 0 fully saturated rings. The molecule has 0 aliphatic heterocycles. The Morgan fingerprint density at radius 1 is 1.00 bits per heavy atom. The van der Waals surface area contributed by atoms with Gasteiger partial charge in [-0.1, -0.05) is 32.5 Å². The van der Waals surface area contributed by atoms with Gasteiger partial charge in [0.15, 0.2) is 5.12 Å². The molecule has 0 N–H and O–H groups in total. The highest BCUT2D eigenvalue weighted by Gasteiger charge is 2.23. The summed E-state index contributed by atoms with van der Waals surface area (Å²) in [5.74, 6) is 0.987. The highest BCUT2D eigenvalue weighted by Crippen LogP contribution is 2.13. The molecule has 0 spiro atoms. The number of carbonyl (C=O) groups excluding carboxylic acids is 1. The van der Waals surface area contributed by atoms with E-state index in [4.69, 9.17) is 0 Å². The molecule has 16 heavy (non-hydrogen) atoms. The van der Waals surface area contributed by atoms with Crippen LogP contribution in [-0.4, -0.2) is 41.5 Å². The van der Waals surface area contributed by atoms with Crippen LogP contribution in [0.4, 0.5) is 0 Å². The van der Waals surface area contributed by atoms with E-state index in [0.29, 0.717) is 11.5 Å². The molecule has 0 bridgehead atoms. The largest absolute Gasteiger partial charge is 0.323 e. The molecular weight excluding hydrogens is 218 g/mol. The maximum absolute atomic E-state index is 11.3. The van der Waals surface area contributed by atoms with Crippen molar-refractivity contribution in [2.45, 2.75) is 47.0 Å². The third kappa shape index (κ3) is 5.90. The lowest BCUT2D eigenvalue weighted by atomic mass is 10.2. The normalized spacial score (nSPS) is 11.8. The lowest BCUT2D eigenvalue weighted by molar-refractivity contribution is -0.924. The quantitative estimate of drug-likeness (QED) is 0.581. The Hall–Kier alpha value is -0.0200. The topological polar surface area (TPSA) is 17.1 Å².